The van der Waals surface area contributed by atoms with Crippen LogP contribution in [0.1, 0.15) is 17.4 Å². The molecular weight excluding hydrogens is 362 g/mol. The van der Waals surface area contributed by atoms with Gasteiger partial charge in [-0.05, 0) is 36.2 Å². The molecule has 0 atom stereocenters. The number of sulfonamides is 1. The third-order valence-corrected chi connectivity index (χ3v) is 7.28. The summed E-state index contributed by atoms with van der Waals surface area (Å²) in [6.07, 6.45) is 0.816. The van der Waals surface area contributed by atoms with Crippen LogP contribution in [0.2, 0.25) is 0 Å². The lowest BCUT2D eigenvalue weighted by molar-refractivity contribution is 0.323. The van der Waals surface area contributed by atoms with E-state index in [-0.39, 0.29) is 6.54 Å². The van der Waals surface area contributed by atoms with Gasteiger partial charge in [0, 0.05) is 18.5 Å². The van der Waals surface area contributed by atoms with Gasteiger partial charge in [0.1, 0.15) is 4.21 Å². The molecule has 1 aromatic heterocycles. The molecule has 25 heavy (non-hydrogen) atoms. The zero-order valence-corrected chi connectivity index (χ0v) is 16.7. The molecule has 0 fully saturated rings. The first kappa shape index (κ1) is 19.6. The molecule has 138 valence electrons. The fourth-order valence-corrected chi connectivity index (χ4v) is 5.07. The highest BCUT2D eigenvalue weighted by atomic mass is 32.2. The van der Waals surface area contributed by atoms with Crippen molar-refractivity contribution in [1.82, 2.24) is 4.31 Å². The lowest BCUT2D eigenvalue weighted by Gasteiger charge is -2.18. The molecular formula is C17H23NO5S2. The first-order valence-corrected chi connectivity index (χ1v) is 9.96. The first-order valence-electron chi connectivity index (χ1n) is 7.71. The molecule has 1 aromatic carbocycles. The van der Waals surface area contributed by atoms with Crippen molar-refractivity contribution in [2.45, 2.75) is 24.1 Å². The summed E-state index contributed by atoms with van der Waals surface area (Å²) in [4.78, 5) is 1.04. The lowest BCUT2D eigenvalue weighted by Crippen LogP contribution is -2.25. The van der Waals surface area contributed by atoms with Crippen LogP contribution >= 0.6 is 11.3 Å². The summed E-state index contributed by atoms with van der Waals surface area (Å²) in [6.45, 7) is 2.19. The largest absolute Gasteiger partial charge is 0.493 e. The van der Waals surface area contributed by atoms with Crippen LogP contribution in [0.3, 0.4) is 0 Å². The number of aryl methyl sites for hydroxylation is 1. The number of hydrogen-bond donors (Lipinski definition) is 0. The molecule has 0 aliphatic rings. The maximum Gasteiger partial charge on any atom is 0.252 e. The van der Waals surface area contributed by atoms with E-state index in [0.29, 0.717) is 21.5 Å². The Bertz CT molecular complexity index is 804. The molecule has 0 saturated heterocycles. The number of benzene rings is 1. The molecule has 0 spiro atoms. The number of rotatable bonds is 8. The van der Waals surface area contributed by atoms with Gasteiger partial charge in [-0.15, -0.1) is 11.3 Å². The lowest BCUT2D eigenvalue weighted by atomic mass is 10.2. The summed E-state index contributed by atoms with van der Waals surface area (Å²) < 4.78 is 43.1. The Kier molecular flexibility index (Phi) is 6.31. The third-order valence-electron chi connectivity index (χ3n) is 3.78. The Morgan fingerprint density at radius 1 is 1.04 bits per heavy atom. The second-order valence-corrected chi connectivity index (χ2v) is 8.81. The first-order chi connectivity index (χ1) is 11.9. The van der Waals surface area contributed by atoms with Gasteiger partial charge in [0.15, 0.2) is 11.5 Å². The topological polar surface area (TPSA) is 65.1 Å². The van der Waals surface area contributed by atoms with E-state index in [0.717, 1.165) is 16.9 Å². The maximum atomic E-state index is 12.7. The van der Waals surface area contributed by atoms with E-state index < -0.39 is 10.0 Å². The van der Waals surface area contributed by atoms with E-state index in [1.54, 1.807) is 25.2 Å². The molecule has 0 radical (unpaired) electrons. The van der Waals surface area contributed by atoms with Gasteiger partial charge in [0.2, 0.25) is 5.75 Å². The van der Waals surface area contributed by atoms with E-state index in [2.05, 4.69) is 0 Å². The molecule has 0 aliphatic heterocycles. The molecule has 0 bridgehead atoms. The van der Waals surface area contributed by atoms with Crippen molar-refractivity contribution in [3.63, 3.8) is 0 Å². The monoisotopic (exact) mass is 385 g/mol. The van der Waals surface area contributed by atoms with E-state index in [9.17, 15) is 8.42 Å². The number of thiophene rings is 1. The average molecular weight is 386 g/mol. The smallest absolute Gasteiger partial charge is 0.252 e. The Hall–Kier alpha value is -1.77. The van der Waals surface area contributed by atoms with Crippen molar-refractivity contribution in [2.75, 3.05) is 28.4 Å². The highest BCUT2D eigenvalue weighted by Crippen LogP contribution is 2.38. The van der Waals surface area contributed by atoms with Crippen molar-refractivity contribution < 1.29 is 22.6 Å². The van der Waals surface area contributed by atoms with Crippen molar-refractivity contribution in [3.8, 4) is 17.2 Å². The van der Waals surface area contributed by atoms with Gasteiger partial charge >= 0.3 is 0 Å². The van der Waals surface area contributed by atoms with Crippen LogP contribution in [0.5, 0.6) is 17.2 Å². The third kappa shape index (κ3) is 4.08. The van der Waals surface area contributed by atoms with Crippen LogP contribution in [-0.2, 0) is 23.0 Å². The zero-order valence-electron chi connectivity index (χ0n) is 15.0. The standard InChI is InChI=1S/C17H23NO5S2/c1-6-13-7-8-16(24-13)25(19,20)18(2)11-12-9-14(21-3)17(23-5)15(10-12)22-4/h7-10H,6,11H2,1-5H3. The fraction of sp³-hybridized carbons (Fsp3) is 0.412. The van der Waals surface area contributed by atoms with Gasteiger partial charge in [-0.2, -0.15) is 4.31 Å². The van der Waals surface area contributed by atoms with Gasteiger partial charge in [0.25, 0.3) is 10.0 Å². The van der Waals surface area contributed by atoms with Crippen molar-refractivity contribution in [3.05, 3.63) is 34.7 Å². The average Bonchev–Trinajstić information content (AvgIpc) is 3.10. The van der Waals surface area contributed by atoms with Crippen LogP contribution in [0, 0.1) is 0 Å². The van der Waals surface area contributed by atoms with E-state index in [1.807, 2.05) is 13.0 Å². The van der Waals surface area contributed by atoms with Crippen molar-refractivity contribution in [1.29, 1.82) is 0 Å². The van der Waals surface area contributed by atoms with Crippen LogP contribution < -0.4 is 14.2 Å². The molecule has 0 aliphatic carbocycles. The maximum absolute atomic E-state index is 12.7. The Balaban J connectivity index is 2.32. The minimum Gasteiger partial charge on any atom is -0.493 e. The van der Waals surface area contributed by atoms with Crippen molar-refractivity contribution >= 4 is 21.4 Å². The number of nitrogens with zero attached hydrogens (tertiary/aromatic N) is 1. The molecule has 8 heteroatoms. The van der Waals surface area contributed by atoms with Gasteiger partial charge in [-0.25, -0.2) is 8.42 Å². The molecule has 0 unspecified atom stereocenters. The summed E-state index contributed by atoms with van der Waals surface area (Å²) >= 11 is 1.30. The summed E-state index contributed by atoms with van der Waals surface area (Å²) in [6, 6.07) is 7.01. The summed E-state index contributed by atoms with van der Waals surface area (Å²) in [5.74, 6) is 1.46. The number of hydrogen-bond acceptors (Lipinski definition) is 6. The second-order valence-electron chi connectivity index (χ2n) is 5.37. The minimum absolute atomic E-state index is 0.193. The minimum atomic E-state index is -3.54. The quantitative estimate of drug-likeness (QED) is 0.698. The molecule has 0 amide bonds. The predicted molar refractivity (Wildman–Crippen MR) is 98.4 cm³/mol. The molecule has 2 rings (SSSR count). The molecule has 1 heterocycles. The molecule has 0 N–H and O–H groups in total. The van der Waals surface area contributed by atoms with Crippen LogP contribution in [0.25, 0.3) is 0 Å². The highest BCUT2D eigenvalue weighted by Gasteiger charge is 2.24. The van der Waals surface area contributed by atoms with E-state index >= 15 is 0 Å². The summed E-state index contributed by atoms with van der Waals surface area (Å²) in [5, 5.41) is 0. The van der Waals surface area contributed by atoms with E-state index in [4.69, 9.17) is 14.2 Å². The van der Waals surface area contributed by atoms with Gasteiger partial charge in [-0.3, -0.25) is 0 Å². The number of methoxy groups -OCH3 is 3. The summed E-state index contributed by atoms with van der Waals surface area (Å²) in [7, 11) is 2.60. The van der Waals surface area contributed by atoms with Gasteiger partial charge in [-0.1, -0.05) is 6.92 Å². The van der Waals surface area contributed by atoms with Crippen molar-refractivity contribution in [2.24, 2.45) is 0 Å². The Morgan fingerprint density at radius 3 is 2.08 bits per heavy atom. The number of ether oxygens (including phenoxy) is 3. The molecule has 2 aromatic rings. The highest BCUT2D eigenvalue weighted by molar-refractivity contribution is 7.91. The zero-order chi connectivity index (χ0) is 18.6. The predicted octanol–water partition coefficient (Wildman–Crippen LogP) is 3.16. The van der Waals surface area contributed by atoms with E-state index in [1.165, 1.54) is 37.0 Å². The van der Waals surface area contributed by atoms with Crippen LogP contribution in [0.4, 0.5) is 0 Å². The molecule has 6 nitrogen and oxygen atoms in total. The van der Waals surface area contributed by atoms with Gasteiger partial charge < -0.3 is 14.2 Å². The van der Waals surface area contributed by atoms with Crippen LogP contribution in [0.15, 0.2) is 28.5 Å². The SMILES string of the molecule is CCc1ccc(S(=O)(=O)N(C)Cc2cc(OC)c(OC)c(OC)c2)s1. The van der Waals surface area contributed by atoms with Crippen LogP contribution in [-0.4, -0.2) is 41.1 Å². The summed E-state index contributed by atoms with van der Waals surface area (Å²) in [5.41, 5.74) is 0.743. The Morgan fingerprint density at radius 2 is 1.64 bits per heavy atom. The normalized spacial score (nSPS) is 11.6. The van der Waals surface area contributed by atoms with Gasteiger partial charge in [0.05, 0.1) is 21.3 Å². The molecule has 0 saturated carbocycles. The Labute approximate surface area is 153 Å². The second kappa shape index (κ2) is 8.07. The fourth-order valence-electron chi connectivity index (χ4n) is 2.41.